The van der Waals surface area contributed by atoms with Gasteiger partial charge in [0.05, 0.1) is 6.42 Å². The van der Waals surface area contributed by atoms with Crippen molar-refractivity contribution in [2.75, 3.05) is 0 Å². The quantitative estimate of drug-likeness (QED) is 0.894. The number of aromatic nitrogens is 1. The lowest BCUT2D eigenvalue weighted by molar-refractivity contribution is -0.137. The van der Waals surface area contributed by atoms with Gasteiger partial charge in [0.2, 0.25) is 0 Å². The largest absolute Gasteiger partial charge is 0.481 e. The Hall–Kier alpha value is -1.90. The van der Waals surface area contributed by atoms with Crippen molar-refractivity contribution in [1.82, 2.24) is 4.98 Å². The van der Waals surface area contributed by atoms with Crippen LogP contribution in [0, 0.1) is 5.92 Å². The van der Waals surface area contributed by atoms with Gasteiger partial charge in [-0.2, -0.15) is 0 Å². The van der Waals surface area contributed by atoms with Gasteiger partial charge in [0, 0.05) is 17.8 Å². The summed E-state index contributed by atoms with van der Waals surface area (Å²) in [6.45, 7) is 0. The van der Waals surface area contributed by atoms with Gasteiger partial charge in [0.25, 0.3) is 0 Å². The lowest BCUT2D eigenvalue weighted by Gasteiger charge is -2.15. The Kier molecular flexibility index (Phi) is 2.74. The molecule has 1 unspecified atom stereocenters. The molecule has 0 bridgehead atoms. The molecule has 0 radical (unpaired) electrons. The SMILES string of the molecule is O=C(O)CC(c1ccc2ccncc2c1)C1CC1. The summed E-state index contributed by atoms with van der Waals surface area (Å²) in [5.74, 6) is 0.000473. The topological polar surface area (TPSA) is 50.2 Å². The van der Waals surface area contributed by atoms with Crippen LogP contribution < -0.4 is 0 Å². The van der Waals surface area contributed by atoms with E-state index >= 15 is 0 Å². The van der Waals surface area contributed by atoms with Gasteiger partial charge in [0.1, 0.15) is 0 Å². The van der Waals surface area contributed by atoms with Crippen LogP contribution >= 0.6 is 0 Å². The highest BCUT2D eigenvalue weighted by Gasteiger charge is 2.33. The van der Waals surface area contributed by atoms with Crippen LogP contribution in [-0.2, 0) is 4.79 Å². The maximum atomic E-state index is 11.0. The normalized spacial score (nSPS) is 16.7. The highest BCUT2D eigenvalue weighted by molar-refractivity contribution is 5.82. The van der Waals surface area contributed by atoms with Gasteiger partial charge in [0.15, 0.2) is 0 Å². The molecule has 1 atom stereocenters. The number of nitrogens with zero attached hydrogens (tertiary/aromatic N) is 1. The summed E-state index contributed by atoms with van der Waals surface area (Å²) < 4.78 is 0. The fourth-order valence-electron chi connectivity index (χ4n) is 2.58. The molecule has 1 aliphatic carbocycles. The van der Waals surface area contributed by atoms with Crippen molar-refractivity contribution >= 4 is 16.7 Å². The highest BCUT2D eigenvalue weighted by atomic mass is 16.4. The number of rotatable bonds is 4. The number of carbonyl (C=O) groups is 1. The Morgan fingerprint density at radius 3 is 2.89 bits per heavy atom. The molecule has 1 aromatic heterocycles. The van der Waals surface area contributed by atoms with Crippen LogP contribution in [0.5, 0.6) is 0 Å². The molecule has 18 heavy (non-hydrogen) atoms. The van der Waals surface area contributed by atoms with E-state index in [9.17, 15) is 4.79 Å². The molecule has 3 heteroatoms. The fourth-order valence-corrected chi connectivity index (χ4v) is 2.58. The van der Waals surface area contributed by atoms with Crippen molar-refractivity contribution < 1.29 is 9.90 Å². The number of hydrogen-bond donors (Lipinski definition) is 1. The van der Waals surface area contributed by atoms with Gasteiger partial charge in [-0.15, -0.1) is 0 Å². The second-order valence-electron chi connectivity index (χ2n) is 5.02. The molecule has 1 saturated carbocycles. The molecule has 1 fully saturated rings. The molecule has 1 heterocycles. The lowest BCUT2D eigenvalue weighted by atomic mass is 9.90. The van der Waals surface area contributed by atoms with Crippen LogP contribution in [0.25, 0.3) is 10.8 Å². The zero-order valence-corrected chi connectivity index (χ0v) is 10.0. The number of aliphatic carboxylic acids is 1. The van der Waals surface area contributed by atoms with Crippen LogP contribution in [0.4, 0.5) is 0 Å². The standard InChI is InChI=1S/C15H15NO2/c17-15(18)8-14(11-2-3-11)12-4-1-10-5-6-16-9-13(10)7-12/h1,4-7,9,11,14H,2-3,8H2,(H,17,18). The van der Waals surface area contributed by atoms with Crippen molar-refractivity contribution in [3.63, 3.8) is 0 Å². The monoisotopic (exact) mass is 241 g/mol. The predicted molar refractivity (Wildman–Crippen MR) is 69.5 cm³/mol. The Labute approximate surface area is 105 Å². The summed E-state index contributed by atoms with van der Waals surface area (Å²) in [7, 11) is 0. The number of hydrogen-bond acceptors (Lipinski definition) is 2. The van der Waals surface area contributed by atoms with Crippen LogP contribution in [0.3, 0.4) is 0 Å². The average Bonchev–Trinajstić information content (AvgIpc) is 3.19. The minimum Gasteiger partial charge on any atom is -0.481 e. The van der Waals surface area contributed by atoms with Crippen LogP contribution in [0.2, 0.25) is 0 Å². The van der Waals surface area contributed by atoms with E-state index in [2.05, 4.69) is 23.2 Å². The maximum absolute atomic E-state index is 11.0. The number of carboxylic acids is 1. The lowest BCUT2D eigenvalue weighted by Crippen LogP contribution is -2.08. The van der Waals surface area contributed by atoms with Crippen LogP contribution in [0.15, 0.2) is 36.7 Å². The fraction of sp³-hybridized carbons (Fsp3) is 0.333. The number of pyridine rings is 1. The molecule has 3 nitrogen and oxygen atoms in total. The molecule has 0 spiro atoms. The van der Waals surface area contributed by atoms with Crippen LogP contribution in [0.1, 0.15) is 30.7 Å². The third-order valence-corrected chi connectivity index (χ3v) is 3.68. The van der Waals surface area contributed by atoms with Gasteiger partial charge in [-0.3, -0.25) is 9.78 Å². The Balaban J connectivity index is 1.98. The molecular weight excluding hydrogens is 226 g/mol. The summed E-state index contributed by atoms with van der Waals surface area (Å²) in [6, 6.07) is 8.19. The first-order chi connectivity index (χ1) is 8.74. The van der Waals surface area contributed by atoms with E-state index < -0.39 is 5.97 Å². The average molecular weight is 241 g/mol. The van der Waals surface area contributed by atoms with E-state index in [1.807, 2.05) is 12.3 Å². The minimum atomic E-state index is -0.710. The Morgan fingerprint density at radius 2 is 2.17 bits per heavy atom. The zero-order valence-electron chi connectivity index (χ0n) is 10.0. The maximum Gasteiger partial charge on any atom is 0.303 e. The minimum absolute atomic E-state index is 0.159. The summed E-state index contributed by atoms with van der Waals surface area (Å²) in [5.41, 5.74) is 1.14. The number of carboxylic acid groups (broad SMARTS) is 1. The first kappa shape index (κ1) is 11.2. The second-order valence-corrected chi connectivity index (χ2v) is 5.02. The molecule has 1 aliphatic rings. The van der Waals surface area contributed by atoms with Gasteiger partial charge in [-0.1, -0.05) is 12.1 Å². The smallest absolute Gasteiger partial charge is 0.303 e. The third-order valence-electron chi connectivity index (χ3n) is 3.68. The molecule has 92 valence electrons. The third kappa shape index (κ3) is 2.21. The van der Waals surface area contributed by atoms with E-state index in [0.29, 0.717) is 5.92 Å². The van der Waals surface area contributed by atoms with E-state index in [1.54, 1.807) is 6.20 Å². The van der Waals surface area contributed by atoms with E-state index in [-0.39, 0.29) is 12.3 Å². The molecule has 1 aromatic carbocycles. The van der Waals surface area contributed by atoms with Crippen molar-refractivity contribution in [1.29, 1.82) is 0 Å². The number of benzene rings is 1. The molecule has 0 aliphatic heterocycles. The van der Waals surface area contributed by atoms with Crippen molar-refractivity contribution in [3.8, 4) is 0 Å². The molecule has 0 amide bonds. The molecule has 1 N–H and O–H groups in total. The first-order valence-electron chi connectivity index (χ1n) is 6.29. The molecule has 2 aromatic rings. The Bertz CT molecular complexity index is 590. The molecular formula is C15H15NO2. The van der Waals surface area contributed by atoms with Gasteiger partial charge >= 0.3 is 5.97 Å². The van der Waals surface area contributed by atoms with E-state index in [4.69, 9.17) is 5.11 Å². The molecule has 0 saturated heterocycles. The summed E-state index contributed by atoms with van der Waals surface area (Å²) >= 11 is 0. The Morgan fingerprint density at radius 1 is 1.33 bits per heavy atom. The van der Waals surface area contributed by atoms with E-state index in [0.717, 1.165) is 29.2 Å². The summed E-state index contributed by atoms with van der Waals surface area (Å²) in [4.78, 5) is 15.1. The van der Waals surface area contributed by atoms with Crippen molar-refractivity contribution in [2.24, 2.45) is 5.92 Å². The first-order valence-corrected chi connectivity index (χ1v) is 6.29. The molecule has 3 rings (SSSR count). The summed E-state index contributed by atoms with van der Waals surface area (Å²) in [5, 5.41) is 11.3. The van der Waals surface area contributed by atoms with Crippen LogP contribution in [-0.4, -0.2) is 16.1 Å². The van der Waals surface area contributed by atoms with Crippen molar-refractivity contribution in [3.05, 3.63) is 42.2 Å². The second kappa shape index (κ2) is 4.41. The van der Waals surface area contributed by atoms with E-state index in [1.165, 1.54) is 0 Å². The van der Waals surface area contributed by atoms with Crippen molar-refractivity contribution in [2.45, 2.75) is 25.2 Å². The van der Waals surface area contributed by atoms with Gasteiger partial charge in [-0.25, -0.2) is 0 Å². The number of fused-ring (bicyclic) bond motifs is 1. The zero-order chi connectivity index (χ0) is 12.5. The summed E-state index contributed by atoms with van der Waals surface area (Å²) in [6.07, 6.45) is 6.16. The highest BCUT2D eigenvalue weighted by Crippen LogP contribution is 2.44. The van der Waals surface area contributed by atoms with Gasteiger partial charge in [-0.05, 0) is 47.8 Å². The van der Waals surface area contributed by atoms with Gasteiger partial charge < -0.3 is 5.11 Å². The predicted octanol–water partition coefficient (Wildman–Crippen LogP) is 3.20.